The van der Waals surface area contributed by atoms with Crippen LogP contribution in [0.2, 0.25) is 0 Å². The lowest BCUT2D eigenvalue weighted by atomic mass is 10.00. The van der Waals surface area contributed by atoms with Crippen molar-refractivity contribution < 1.29 is 22.7 Å². The zero-order chi connectivity index (χ0) is 14.8. The van der Waals surface area contributed by atoms with E-state index < -0.39 is 24.5 Å². The van der Waals surface area contributed by atoms with E-state index in [4.69, 9.17) is 10.5 Å². The first kappa shape index (κ1) is 14.6. The summed E-state index contributed by atoms with van der Waals surface area (Å²) in [6.07, 6.45) is -4.44. The molecule has 1 aliphatic rings. The van der Waals surface area contributed by atoms with Crippen LogP contribution in [0.5, 0.6) is 5.75 Å². The van der Waals surface area contributed by atoms with Gasteiger partial charge < -0.3 is 15.4 Å². The van der Waals surface area contributed by atoms with Gasteiger partial charge in [0.15, 0.2) is 0 Å². The Hall–Kier alpha value is -1.76. The van der Waals surface area contributed by atoms with Crippen LogP contribution in [-0.4, -0.2) is 43.2 Å². The summed E-state index contributed by atoms with van der Waals surface area (Å²) in [6, 6.07) is 6.86. The normalized spacial score (nSPS) is 17.5. The predicted molar refractivity (Wildman–Crippen MR) is 66.4 cm³/mol. The molecule has 1 amide bonds. The van der Waals surface area contributed by atoms with Gasteiger partial charge in [0.05, 0.1) is 0 Å². The van der Waals surface area contributed by atoms with Crippen molar-refractivity contribution >= 4 is 5.91 Å². The van der Waals surface area contributed by atoms with Gasteiger partial charge in [-0.3, -0.25) is 4.79 Å². The molecule has 2 rings (SSSR count). The lowest BCUT2D eigenvalue weighted by molar-refractivity contribution is -0.162. The molecule has 0 spiro atoms. The third-order valence-electron chi connectivity index (χ3n) is 3.08. The summed E-state index contributed by atoms with van der Waals surface area (Å²) in [5.41, 5.74) is 5.91. The van der Waals surface area contributed by atoms with Crippen molar-refractivity contribution in [2.24, 2.45) is 5.73 Å². The van der Waals surface area contributed by atoms with Gasteiger partial charge in [-0.05, 0) is 6.07 Å². The Morgan fingerprint density at radius 2 is 2.10 bits per heavy atom. The summed E-state index contributed by atoms with van der Waals surface area (Å²) in [5, 5.41) is 0. The third kappa shape index (κ3) is 3.22. The van der Waals surface area contributed by atoms with Gasteiger partial charge in [-0.15, -0.1) is 0 Å². The van der Waals surface area contributed by atoms with Crippen molar-refractivity contribution in [3.63, 3.8) is 0 Å². The number of alkyl halides is 3. The van der Waals surface area contributed by atoms with Crippen LogP contribution in [0.4, 0.5) is 13.2 Å². The molecule has 0 fully saturated rings. The summed E-state index contributed by atoms with van der Waals surface area (Å²) in [4.78, 5) is 13.0. The fraction of sp³-hybridized carbons (Fsp3) is 0.462. The van der Waals surface area contributed by atoms with Crippen LogP contribution in [0.3, 0.4) is 0 Å². The maximum absolute atomic E-state index is 12.5. The van der Waals surface area contributed by atoms with E-state index in [9.17, 15) is 18.0 Å². The lowest BCUT2D eigenvalue weighted by Crippen LogP contribution is -2.44. The van der Waals surface area contributed by atoms with E-state index in [2.05, 4.69) is 0 Å². The summed E-state index contributed by atoms with van der Waals surface area (Å²) < 4.78 is 42.8. The Kier molecular flexibility index (Phi) is 4.17. The molecule has 4 nitrogen and oxygen atoms in total. The highest BCUT2D eigenvalue weighted by atomic mass is 19.4. The Morgan fingerprint density at radius 3 is 2.75 bits per heavy atom. The second kappa shape index (κ2) is 5.70. The number of nitrogens with zero attached hydrogens (tertiary/aromatic N) is 1. The Balaban J connectivity index is 2.17. The van der Waals surface area contributed by atoms with Gasteiger partial charge in [-0.25, -0.2) is 0 Å². The Labute approximate surface area is 114 Å². The monoisotopic (exact) mass is 288 g/mol. The van der Waals surface area contributed by atoms with E-state index >= 15 is 0 Å². The molecular formula is C13H15F3N2O2. The van der Waals surface area contributed by atoms with Crippen LogP contribution in [0.1, 0.15) is 11.5 Å². The van der Waals surface area contributed by atoms with Crippen LogP contribution >= 0.6 is 0 Å². The lowest BCUT2D eigenvalue weighted by Gasteiger charge is -2.25. The molecule has 1 aromatic carbocycles. The quantitative estimate of drug-likeness (QED) is 0.913. The molecule has 0 saturated heterocycles. The van der Waals surface area contributed by atoms with Gasteiger partial charge in [0.25, 0.3) is 0 Å². The minimum Gasteiger partial charge on any atom is -0.492 e. The summed E-state index contributed by atoms with van der Waals surface area (Å²) in [5.74, 6) is -0.747. The number of benzene rings is 1. The van der Waals surface area contributed by atoms with Crippen molar-refractivity contribution in [1.29, 1.82) is 0 Å². The van der Waals surface area contributed by atoms with Crippen LogP contribution in [0, 0.1) is 0 Å². The first-order chi connectivity index (χ1) is 9.42. The van der Waals surface area contributed by atoms with Gasteiger partial charge in [-0.2, -0.15) is 13.2 Å². The fourth-order valence-electron chi connectivity index (χ4n) is 2.23. The summed E-state index contributed by atoms with van der Waals surface area (Å²) in [7, 11) is 0. The number of hydrogen-bond acceptors (Lipinski definition) is 3. The van der Waals surface area contributed by atoms with Crippen molar-refractivity contribution in [2.45, 2.75) is 12.1 Å². The average Bonchev–Trinajstić information content (AvgIpc) is 2.79. The predicted octanol–water partition coefficient (Wildman–Crippen LogP) is 1.51. The molecule has 20 heavy (non-hydrogen) atoms. The fourth-order valence-corrected chi connectivity index (χ4v) is 2.23. The standard InChI is InChI=1S/C13H15F3N2O2/c14-13(15,16)8-18(6-5-17)12(19)10-7-20-11-4-2-1-3-9(10)11/h1-4,10H,5-8,17H2. The van der Waals surface area contributed by atoms with Crippen LogP contribution in [-0.2, 0) is 4.79 Å². The third-order valence-corrected chi connectivity index (χ3v) is 3.08. The number of ether oxygens (including phenoxy) is 1. The molecule has 1 aliphatic heterocycles. The molecule has 1 unspecified atom stereocenters. The number of amides is 1. The van der Waals surface area contributed by atoms with Crippen molar-refractivity contribution in [1.82, 2.24) is 4.90 Å². The van der Waals surface area contributed by atoms with Crippen LogP contribution < -0.4 is 10.5 Å². The number of para-hydroxylation sites is 1. The SMILES string of the molecule is NCCN(CC(F)(F)F)C(=O)C1COc2ccccc21. The average molecular weight is 288 g/mol. The zero-order valence-corrected chi connectivity index (χ0v) is 10.7. The minimum absolute atomic E-state index is 0.0168. The van der Waals surface area contributed by atoms with E-state index in [0.29, 0.717) is 11.3 Å². The van der Waals surface area contributed by atoms with Crippen molar-refractivity contribution in [3.05, 3.63) is 29.8 Å². The molecule has 110 valence electrons. The molecular weight excluding hydrogens is 273 g/mol. The van der Waals surface area contributed by atoms with Crippen LogP contribution in [0.25, 0.3) is 0 Å². The second-order valence-corrected chi connectivity index (χ2v) is 4.57. The van der Waals surface area contributed by atoms with Crippen molar-refractivity contribution in [2.75, 3.05) is 26.2 Å². The number of nitrogens with two attached hydrogens (primary N) is 1. The number of carbonyl (C=O) groups excluding carboxylic acids is 1. The zero-order valence-electron chi connectivity index (χ0n) is 10.7. The molecule has 1 atom stereocenters. The van der Waals surface area contributed by atoms with E-state index in [1.54, 1.807) is 24.3 Å². The molecule has 0 radical (unpaired) electrons. The maximum atomic E-state index is 12.5. The highest BCUT2D eigenvalue weighted by Gasteiger charge is 2.38. The highest BCUT2D eigenvalue weighted by Crippen LogP contribution is 2.35. The molecule has 2 N–H and O–H groups in total. The van der Waals surface area contributed by atoms with Crippen LogP contribution in [0.15, 0.2) is 24.3 Å². The highest BCUT2D eigenvalue weighted by molar-refractivity contribution is 5.85. The maximum Gasteiger partial charge on any atom is 0.406 e. The smallest absolute Gasteiger partial charge is 0.406 e. The molecule has 1 aromatic rings. The Bertz CT molecular complexity index is 491. The topological polar surface area (TPSA) is 55.6 Å². The molecule has 7 heteroatoms. The van der Waals surface area contributed by atoms with E-state index in [-0.39, 0.29) is 19.7 Å². The van der Waals surface area contributed by atoms with E-state index in [1.165, 1.54) is 0 Å². The summed E-state index contributed by atoms with van der Waals surface area (Å²) in [6.45, 7) is -1.37. The van der Waals surface area contributed by atoms with E-state index in [1.807, 2.05) is 0 Å². The van der Waals surface area contributed by atoms with Gasteiger partial charge in [0.2, 0.25) is 5.91 Å². The summed E-state index contributed by atoms with van der Waals surface area (Å²) >= 11 is 0. The number of fused-ring (bicyclic) bond motifs is 1. The van der Waals surface area contributed by atoms with Gasteiger partial charge in [-0.1, -0.05) is 18.2 Å². The first-order valence-electron chi connectivity index (χ1n) is 6.19. The minimum atomic E-state index is -4.44. The molecule has 0 aliphatic carbocycles. The molecule has 0 bridgehead atoms. The largest absolute Gasteiger partial charge is 0.492 e. The van der Waals surface area contributed by atoms with Gasteiger partial charge in [0.1, 0.15) is 24.8 Å². The number of hydrogen-bond donors (Lipinski definition) is 1. The number of rotatable bonds is 4. The molecule has 0 saturated carbocycles. The van der Waals surface area contributed by atoms with E-state index in [0.717, 1.165) is 4.90 Å². The molecule has 1 heterocycles. The number of carbonyl (C=O) groups is 1. The molecule has 0 aromatic heterocycles. The number of halogens is 3. The van der Waals surface area contributed by atoms with Gasteiger partial charge >= 0.3 is 6.18 Å². The first-order valence-corrected chi connectivity index (χ1v) is 6.19. The van der Waals surface area contributed by atoms with Gasteiger partial charge in [0, 0.05) is 18.7 Å². The van der Waals surface area contributed by atoms with Crippen molar-refractivity contribution in [3.8, 4) is 5.75 Å². The second-order valence-electron chi connectivity index (χ2n) is 4.57. The Morgan fingerprint density at radius 1 is 1.40 bits per heavy atom.